The van der Waals surface area contributed by atoms with Crippen LogP contribution in [-0.2, 0) is 14.3 Å². The third-order valence-corrected chi connectivity index (χ3v) is 4.44. The highest BCUT2D eigenvalue weighted by molar-refractivity contribution is 8.00. The van der Waals surface area contributed by atoms with E-state index in [2.05, 4.69) is 24.1 Å². The lowest BCUT2D eigenvalue weighted by Crippen LogP contribution is -2.27. The maximum Gasteiger partial charge on any atom is 0.338 e. The molecule has 2 amide bonds. The summed E-state index contributed by atoms with van der Waals surface area (Å²) in [5.41, 5.74) is 6.01. The number of primary amides is 1. The lowest BCUT2D eigenvalue weighted by Gasteiger charge is -2.17. The second-order valence-corrected chi connectivity index (χ2v) is 6.44. The Labute approximate surface area is 158 Å². The molecule has 0 saturated heterocycles. The number of hydrogen-bond acceptors (Lipinski definition) is 6. The molecule has 0 heterocycles. The number of ether oxygens (including phenoxy) is 1. The Hall–Kier alpha value is -2.06. The van der Waals surface area contributed by atoms with Crippen LogP contribution in [0.2, 0.25) is 0 Å². The van der Waals surface area contributed by atoms with Gasteiger partial charge >= 0.3 is 5.97 Å². The predicted octanol–water partition coefficient (Wildman–Crippen LogP) is 1.55. The van der Waals surface area contributed by atoms with Crippen LogP contribution in [0.4, 0.5) is 5.69 Å². The van der Waals surface area contributed by atoms with Gasteiger partial charge in [0.2, 0.25) is 11.8 Å². The smallest absolute Gasteiger partial charge is 0.338 e. The number of thioether (sulfide) groups is 1. The molecule has 0 saturated carbocycles. The highest BCUT2D eigenvalue weighted by atomic mass is 32.2. The molecule has 0 fully saturated rings. The van der Waals surface area contributed by atoms with Gasteiger partial charge in [0.05, 0.1) is 17.7 Å². The van der Waals surface area contributed by atoms with Gasteiger partial charge in [-0.2, -0.15) is 11.8 Å². The van der Waals surface area contributed by atoms with Crippen molar-refractivity contribution in [2.45, 2.75) is 13.8 Å². The van der Waals surface area contributed by atoms with Gasteiger partial charge in [0.15, 0.2) is 0 Å². The van der Waals surface area contributed by atoms with Crippen LogP contribution in [0.3, 0.4) is 0 Å². The lowest BCUT2D eigenvalue weighted by atomic mass is 10.2. The van der Waals surface area contributed by atoms with Crippen LogP contribution in [0.25, 0.3) is 0 Å². The topological polar surface area (TPSA) is 102 Å². The molecule has 0 spiro atoms. The van der Waals surface area contributed by atoms with Crippen LogP contribution < -0.4 is 11.1 Å². The average Bonchev–Trinajstić information content (AvgIpc) is 2.62. The Balaban J connectivity index is 2.36. The zero-order valence-electron chi connectivity index (χ0n) is 15.2. The van der Waals surface area contributed by atoms with Gasteiger partial charge in [-0.3, -0.25) is 9.59 Å². The van der Waals surface area contributed by atoms with Gasteiger partial charge in [0.1, 0.15) is 6.61 Å². The van der Waals surface area contributed by atoms with Crippen molar-refractivity contribution in [2.24, 2.45) is 5.73 Å². The third-order valence-electron chi connectivity index (χ3n) is 3.57. The lowest BCUT2D eigenvalue weighted by molar-refractivity contribution is -0.115. The Kier molecular flexibility index (Phi) is 10.4. The first kappa shape index (κ1) is 22.0. The highest BCUT2D eigenvalue weighted by Crippen LogP contribution is 2.12. The molecule has 1 rings (SSSR count). The number of benzene rings is 1. The maximum absolute atomic E-state index is 12.0. The van der Waals surface area contributed by atoms with E-state index in [0.29, 0.717) is 30.2 Å². The summed E-state index contributed by atoms with van der Waals surface area (Å²) in [6.45, 7) is 7.01. The van der Waals surface area contributed by atoms with Gasteiger partial charge in [-0.1, -0.05) is 13.8 Å². The zero-order chi connectivity index (χ0) is 19.4. The number of nitrogens with two attached hydrogens (primary N) is 1. The molecule has 7 nitrogen and oxygen atoms in total. The van der Waals surface area contributed by atoms with E-state index in [1.54, 1.807) is 24.3 Å². The van der Waals surface area contributed by atoms with Gasteiger partial charge in [-0.15, -0.1) is 0 Å². The van der Waals surface area contributed by atoms with Crippen molar-refractivity contribution in [3.8, 4) is 0 Å². The van der Waals surface area contributed by atoms with Gasteiger partial charge in [0.25, 0.3) is 0 Å². The Morgan fingerprint density at radius 3 is 2.42 bits per heavy atom. The van der Waals surface area contributed by atoms with E-state index < -0.39 is 5.91 Å². The summed E-state index contributed by atoms with van der Waals surface area (Å²) in [7, 11) is 0. The number of amides is 2. The van der Waals surface area contributed by atoms with E-state index in [9.17, 15) is 14.4 Å². The maximum atomic E-state index is 12.0. The SMILES string of the molecule is CCN(CC)CCOC(=O)c1ccc(NC(=O)CSC[CH]C(N)=O)cc1. The Morgan fingerprint density at radius 2 is 1.85 bits per heavy atom. The molecule has 0 unspecified atom stereocenters. The number of likely N-dealkylation sites (N-methyl/N-ethyl adjacent to an activating group) is 1. The fraction of sp³-hybridized carbons (Fsp3) is 0.444. The molecular formula is C18H26N3O4S. The minimum atomic E-state index is -0.502. The molecule has 8 heteroatoms. The largest absolute Gasteiger partial charge is 0.461 e. The van der Waals surface area contributed by atoms with Gasteiger partial charge < -0.3 is 20.7 Å². The number of esters is 1. The Morgan fingerprint density at radius 1 is 1.19 bits per heavy atom. The van der Waals surface area contributed by atoms with Gasteiger partial charge in [0, 0.05) is 18.0 Å². The summed E-state index contributed by atoms with van der Waals surface area (Å²) in [5, 5.41) is 2.72. The van der Waals surface area contributed by atoms with Crippen LogP contribution >= 0.6 is 11.8 Å². The van der Waals surface area contributed by atoms with Crippen molar-refractivity contribution in [1.29, 1.82) is 0 Å². The van der Waals surface area contributed by atoms with E-state index in [-0.39, 0.29) is 17.6 Å². The fourth-order valence-electron chi connectivity index (χ4n) is 2.07. The fourth-order valence-corrected chi connectivity index (χ4v) is 2.73. The third kappa shape index (κ3) is 8.87. The summed E-state index contributed by atoms with van der Waals surface area (Å²) in [6.07, 6.45) is 1.32. The molecule has 0 aromatic heterocycles. The Bertz CT molecular complexity index is 589. The zero-order valence-corrected chi connectivity index (χ0v) is 16.0. The average molecular weight is 380 g/mol. The first-order valence-corrected chi connectivity index (χ1v) is 9.61. The molecule has 0 bridgehead atoms. The predicted molar refractivity (Wildman–Crippen MR) is 104 cm³/mol. The standard InChI is InChI=1S/C18H26N3O4S/c1-3-21(4-2)10-11-25-18(24)14-5-7-15(8-6-14)20-17(23)13-26-12-9-16(19)22/h5-9H,3-4,10-13H2,1-2H3,(H2,19,22)(H,20,23). The van der Waals surface area contributed by atoms with Crippen molar-refractivity contribution in [3.63, 3.8) is 0 Å². The second-order valence-electron chi connectivity index (χ2n) is 5.41. The highest BCUT2D eigenvalue weighted by Gasteiger charge is 2.09. The van der Waals surface area contributed by atoms with Crippen LogP contribution in [0.1, 0.15) is 24.2 Å². The molecule has 0 aliphatic carbocycles. The molecule has 1 radical (unpaired) electrons. The van der Waals surface area contributed by atoms with Crippen molar-refractivity contribution >= 4 is 35.2 Å². The number of hydrogen-bond donors (Lipinski definition) is 2. The van der Waals surface area contributed by atoms with Gasteiger partial charge in [-0.25, -0.2) is 4.79 Å². The number of rotatable bonds is 12. The molecule has 3 N–H and O–H groups in total. The first-order valence-electron chi connectivity index (χ1n) is 8.46. The summed E-state index contributed by atoms with van der Waals surface area (Å²) in [5.74, 6) is -0.479. The van der Waals surface area contributed by atoms with Crippen molar-refractivity contribution in [3.05, 3.63) is 36.2 Å². The monoisotopic (exact) mass is 380 g/mol. The molecule has 26 heavy (non-hydrogen) atoms. The van der Waals surface area contributed by atoms with Crippen LogP contribution in [0.15, 0.2) is 24.3 Å². The minimum absolute atomic E-state index is 0.192. The van der Waals surface area contributed by atoms with E-state index in [1.165, 1.54) is 18.2 Å². The van der Waals surface area contributed by atoms with E-state index >= 15 is 0 Å². The molecule has 1 aromatic carbocycles. The van der Waals surface area contributed by atoms with E-state index in [1.807, 2.05) is 0 Å². The summed E-state index contributed by atoms with van der Waals surface area (Å²) in [6, 6.07) is 6.53. The molecule has 0 atom stereocenters. The van der Waals surface area contributed by atoms with Crippen molar-refractivity contribution in [1.82, 2.24) is 4.90 Å². The minimum Gasteiger partial charge on any atom is -0.461 e. The summed E-state index contributed by atoms with van der Waals surface area (Å²) < 4.78 is 5.26. The van der Waals surface area contributed by atoms with E-state index in [0.717, 1.165) is 13.1 Å². The second kappa shape index (κ2) is 12.3. The molecule has 143 valence electrons. The number of carbonyl (C=O) groups excluding carboxylic acids is 3. The molecule has 0 aliphatic heterocycles. The van der Waals surface area contributed by atoms with Crippen LogP contribution in [0, 0.1) is 6.42 Å². The molecule has 0 aliphatic rings. The number of anilines is 1. The van der Waals surface area contributed by atoms with Crippen LogP contribution in [-0.4, -0.2) is 60.4 Å². The molecule has 1 aromatic rings. The van der Waals surface area contributed by atoms with Crippen molar-refractivity contribution < 1.29 is 19.1 Å². The quantitative estimate of drug-likeness (QED) is 0.421. The summed E-state index contributed by atoms with van der Waals surface area (Å²) >= 11 is 1.29. The summed E-state index contributed by atoms with van der Waals surface area (Å²) in [4.78, 5) is 36.5. The number of nitrogens with zero attached hydrogens (tertiary/aromatic N) is 1. The number of carbonyl (C=O) groups is 3. The normalized spacial score (nSPS) is 10.6. The van der Waals surface area contributed by atoms with Gasteiger partial charge in [-0.05, 0) is 37.4 Å². The van der Waals surface area contributed by atoms with E-state index in [4.69, 9.17) is 10.5 Å². The van der Waals surface area contributed by atoms with Crippen molar-refractivity contribution in [2.75, 3.05) is 43.1 Å². The number of nitrogens with one attached hydrogen (secondary N) is 1. The molecular weight excluding hydrogens is 354 g/mol. The van der Waals surface area contributed by atoms with Crippen LogP contribution in [0.5, 0.6) is 0 Å². The first-order chi connectivity index (χ1) is 12.5.